The van der Waals surface area contributed by atoms with E-state index in [1.54, 1.807) is 0 Å². The van der Waals surface area contributed by atoms with Crippen LogP contribution in [-0.4, -0.2) is 41.6 Å². The highest BCUT2D eigenvalue weighted by molar-refractivity contribution is 5.16. The Morgan fingerprint density at radius 1 is 1.19 bits per heavy atom. The second-order valence-corrected chi connectivity index (χ2v) is 5.60. The Morgan fingerprint density at radius 2 is 1.81 bits per heavy atom. The fourth-order valence-corrected chi connectivity index (χ4v) is 2.11. The molecule has 0 aliphatic rings. The predicted octanol–water partition coefficient (Wildman–Crippen LogP) is 2.27. The third-order valence-corrected chi connectivity index (χ3v) is 3.96. The molecule has 21 heavy (non-hydrogen) atoms. The van der Waals surface area contributed by atoms with Crippen molar-refractivity contribution in [2.75, 3.05) is 19.7 Å². The van der Waals surface area contributed by atoms with Crippen LogP contribution < -0.4 is 5.32 Å². The van der Waals surface area contributed by atoms with Gasteiger partial charge in [-0.3, -0.25) is 0 Å². The zero-order valence-corrected chi connectivity index (χ0v) is 13.4. The third kappa shape index (κ3) is 6.57. The summed E-state index contributed by atoms with van der Waals surface area (Å²) in [6.07, 6.45) is 0.792. The molecule has 0 saturated carbocycles. The summed E-state index contributed by atoms with van der Waals surface area (Å²) in [4.78, 5) is 0. The lowest BCUT2D eigenvalue weighted by molar-refractivity contribution is -0.00790. The van der Waals surface area contributed by atoms with Gasteiger partial charge < -0.3 is 20.3 Å². The number of aliphatic hydroxyl groups excluding tert-OH is 1. The van der Waals surface area contributed by atoms with E-state index in [0.717, 1.165) is 5.56 Å². The van der Waals surface area contributed by atoms with Crippen LogP contribution in [0.15, 0.2) is 30.3 Å². The van der Waals surface area contributed by atoms with E-state index in [1.807, 2.05) is 51.1 Å². The summed E-state index contributed by atoms with van der Waals surface area (Å²) in [7, 11) is 0. The maximum absolute atomic E-state index is 10.1. The topological polar surface area (TPSA) is 61.7 Å². The average molecular weight is 295 g/mol. The molecule has 0 bridgehead atoms. The molecule has 0 fully saturated rings. The molecule has 0 aliphatic carbocycles. The highest BCUT2D eigenvalue weighted by atomic mass is 16.5. The molecular weight excluding hydrogens is 266 g/mol. The van der Waals surface area contributed by atoms with Crippen LogP contribution in [0.3, 0.4) is 0 Å². The molecule has 3 N–H and O–H groups in total. The summed E-state index contributed by atoms with van der Waals surface area (Å²) in [6, 6.07) is 9.94. The summed E-state index contributed by atoms with van der Waals surface area (Å²) in [5.41, 5.74) is 0.418. The van der Waals surface area contributed by atoms with Crippen molar-refractivity contribution in [3.05, 3.63) is 35.9 Å². The van der Waals surface area contributed by atoms with Gasteiger partial charge in [-0.15, -0.1) is 0 Å². The molecule has 0 spiro atoms. The standard InChI is InChI=1S/C17H29NO3/c1-4-17(20,5-2)13-18-11-16(19)12-21-14(3)15-9-7-6-8-10-15/h6-10,14,16,18-20H,4-5,11-13H2,1-3H3. The maximum Gasteiger partial charge on any atom is 0.0898 e. The second kappa shape index (κ2) is 9.15. The van der Waals surface area contributed by atoms with Crippen LogP contribution in [0.4, 0.5) is 0 Å². The van der Waals surface area contributed by atoms with Crippen molar-refractivity contribution in [1.29, 1.82) is 0 Å². The molecule has 2 unspecified atom stereocenters. The number of ether oxygens (including phenoxy) is 1. The predicted molar refractivity (Wildman–Crippen MR) is 85.2 cm³/mol. The summed E-state index contributed by atoms with van der Waals surface area (Å²) < 4.78 is 5.67. The Bertz CT molecular complexity index is 379. The van der Waals surface area contributed by atoms with Crippen molar-refractivity contribution in [1.82, 2.24) is 5.32 Å². The summed E-state index contributed by atoms with van der Waals surface area (Å²) in [6.45, 7) is 7.09. The molecular formula is C17H29NO3. The Labute approximate surface area is 128 Å². The van der Waals surface area contributed by atoms with E-state index in [4.69, 9.17) is 4.74 Å². The van der Waals surface area contributed by atoms with Crippen LogP contribution in [0.2, 0.25) is 0 Å². The molecule has 1 rings (SSSR count). The molecule has 4 heteroatoms. The largest absolute Gasteiger partial charge is 0.389 e. The fourth-order valence-electron chi connectivity index (χ4n) is 2.11. The van der Waals surface area contributed by atoms with E-state index in [9.17, 15) is 10.2 Å². The van der Waals surface area contributed by atoms with Crippen molar-refractivity contribution >= 4 is 0 Å². The van der Waals surface area contributed by atoms with E-state index < -0.39 is 11.7 Å². The van der Waals surface area contributed by atoms with Gasteiger partial charge in [0.05, 0.1) is 24.4 Å². The van der Waals surface area contributed by atoms with Crippen LogP contribution in [0.25, 0.3) is 0 Å². The molecule has 0 amide bonds. The molecule has 0 aromatic heterocycles. The van der Waals surface area contributed by atoms with E-state index in [1.165, 1.54) is 0 Å². The van der Waals surface area contributed by atoms with Crippen LogP contribution >= 0.6 is 0 Å². The van der Waals surface area contributed by atoms with Crippen molar-refractivity contribution < 1.29 is 14.9 Å². The number of rotatable bonds is 10. The lowest BCUT2D eigenvalue weighted by Gasteiger charge is -2.26. The lowest BCUT2D eigenvalue weighted by Crippen LogP contribution is -2.42. The molecule has 0 radical (unpaired) electrons. The molecule has 0 saturated heterocycles. The van der Waals surface area contributed by atoms with Crippen LogP contribution in [0.5, 0.6) is 0 Å². The summed E-state index contributed by atoms with van der Waals surface area (Å²) >= 11 is 0. The van der Waals surface area contributed by atoms with Gasteiger partial charge in [0, 0.05) is 13.1 Å². The molecule has 1 aromatic rings. The Morgan fingerprint density at radius 3 is 2.38 bits per heavy atom. The minimum atomic E-state index is -0.683. The van der Waals surface area contributed by atoms with Gasteiger partial charge in [0.1, 0.15) is 0 Å². The zero-order chi connectivity index (χ0) is 15.7. The van der Waals surface area contributed by atoms with Crippen molar-refractivity contribution in [2.45, 2.75) is 51.4 Å². The SMILES string of the molecule is CCC(O)(CC)CNCC(O)COC(C)c1ccccc1. The van der Waals surface area contributed by atoms with Gasteiger partial charge in [-0.1, -0.05) is 44.2 Å². The Balaban J connectivity index is 2.24. The molecule has 120 valence electrons. The molecule has 2 atom stereocenters. The monoisotopic (exact) mass is 295 g/mol. The van der Waals surface area contributed by atoms with Gasteiger partial charge in [0.2, 0.25) is 0 Å². The van der Waals surface area contributed by atoms with Gasteiger partial charge in [-0.2, -0.15) is 0 Å². The smallest absolute Gasteiger partial charge is 0.0898 e. The quantitative estimate of drug-likeness (QED) is 0.619. The van der Waals surface area contributed by atoms with Gasteiger partial charge >= 0.3 is 0 Å². The first-order chi connectivity index (χ1) is 10.0. The highest BCUT2D eigenvalue weighted by Gasteiger charge is 2.21. The van der Waals surface area contributed by atoms with Crippen molar-refractivity contribution in [3.63, 3.8) is 0 Å². The van der Waals surface area contributed by atoms with Gasteiger partial charge in [0.25, 0.3) is 0 Å². The zero-order valence-electron chi connectivity index (χ0n) is 13.4. The van der Waals surface area contributed by atoms with E-state index in [2.05, 4.69) is 5.32 Å². The first-order valence-corrected chi connectivity index (χ1v) is 7.78. The van der Waals surface area contributed by atoms with Gasteiger partial charge in [-0.05, 0) is 25.3 Å². The molecule has 0 aliphatic heterocycles. The summed E-state index contributed by atoms with van der Waals surface area (Å²) in [5.74, 6) is 0. The molecule has 1 aromatic carbocycles. The molecule has 4 nitrogen and oxygen atoms in total. The number of aliphatic hydroxyl groups is 2. The van der Waals surface area contributed by atoms with Crippen LogP contribution in [-0.2, 0) is 4.74 Å². The number of hydrogen-bond acceptors (Lipinski definition) is 4. The maximum atomic E-state index is 10.1. The second-order valence-electron chi connectivity index (χ2n) is 5.60. The number of hydrogen-bond donors (Lipinski definition) is 3. The first-order valence-electron chi connectivity index (χ1n) is 7.78. The minimum absolute atomic E-state index is 0.0379. The normalized spacial score (nSPS) is 14.9. The van der Waals surface area contributed by atoms with Crippen LogP contribution in [0.1, 0.15) is 45.3 Å². The lowest BCUT2D eigenvalue weighted by atomic mass is 9.97. The fraction of sp³-hybridized carbons (Fsp3) is 0.647. The Hall–Kier alpha value is -0.940. The average Bonchev–Trinajstić information content (AvgIpc) is 2.53. The minimum Gasteiger partial charge on any atom is -0.389 e. The van der Waals surface area contributed by atoms with Gasteiger partial charge in [-0.25, -0.2) is 0 Å². The van der Waals surface area contributed by atoms with Crippen LogP contribution in [0, 0.1) is 0 Å². The van der Waals surface area contributed by atoms with Crippen molar-refractivity contribution in [2.24, 2.45) is 0 Å². The summed E-state index contributed by atoms with van der Waals surface area (Å²) in [5, 5.41) is 23.2. The van der Waals surface area contributed by atoms with Crippen molar-refractivity contribution in [3.8, 4) is 0 Å². The van der Waals surface area contributed by atoms with E-state index in [0.29, 0.717) is 25.9 Å². The first kappa shape index (κ1) is 18.1. The highest BCUT2D eigenvalue weighted by Crippen LogP contribution is 2.16. The third-order valence-electron chi connectivity index (χ3n) is 3.96. The Kier molecular flexibility index (Phi) is 7.89. The van der Waals surface area contributed by atoms with E-state index in [-0.39, 0.29) is 12.7 Å². The van der Waals surface area contributed by atoms with E-state index >= 15 is 0 Å². The molecule has 0 heterocycles. The van der Waals surface area contributed by atoms with Gasteiger partial charge in [0.15, 0.2) is 0 Å². The number of nitrogens with one attached hydrogen (secondary N) is 1. The number of benzene rings is 1.